The molecule has 16 heavy (non-hydrogen) atoms. The van der Waals surface area contributed by atoms with Crippen LogP contribution in [0.15, 0.2) is 24.3 Å². The third-order valence-corrected chi connectivity index (χ3v) is 2.99. The highest BCUT2D eigenvalue weighted by Gasteiger charge is 2.34. The largest absolute Gasteiger partial charge is 0.369 e. The summed E-state index contributed by atoms with van der Waals surface area (Å²) in [7, 11) is 0. The molecule has 0 unspecified atom stereocenters. The lowest BCUT2D eigenvalue weighted by molar-refractivity contribution is -0.123. The number of anilines is 1. The summed E-state index contributed by atoms with van der Waals surface area (Å²) in [6.07, 6.45) is 0.167. The molecule has 0 bridgehead atoms. The highest BCUT2D eigenvalue weighted by atomic mass is 35.5. The highest BCUT2D eigenvalue weighted by Crippen LogP contribution is 2.30. The fourth-order valence-corrected chi connectivity index (χ4v) is 2.04. The van der Waals surface area contributed by atoms with Crippen LogP contribution in [0.3, 0.4) is 0 Å². The Hall–Kier alpha value is -1.55. The van der Waals surface area contributed by atoms with Crippen molar-refractivity contribution in [1.29, 1.82) is 0 Å². The fourth-order valence-electron chi connectivity index (χ4n) is 1.80. The second-order valence-electron chi connectivity index (χ2n) is 3.76. The van der Waals surface area contributed by atoms with Gasteiger partial charge in [-0.15, -0.1) is 0 Å². The molecule has 1 aromatic rings. The molecule has 1 aliphatic rings. The smallest absolute Gasteiger partial charge is 0.227 e. The van der Waals surface area contributed by atoms with Crippen LogP contribution < -0.4 is 10.6 Å². The minimum Gasteiger partial charge on any atom is -0.369 e. The number of carbonyl (C=O) groups is 2. The summed E-state index contributed by atoms with van der Waals surface area (Å²) in [6, 6.07) is 7.05. The molecule has 1 atom stereocenters. The van der Waals surface area contributed by atoms with Gasteiger partial charge in [-0.25, -0.2) is 0 Å². The molecule has 0 spiro atoms. The molecule has 1 aliphatic heterocycles. The SMILES string of the molecule is NC(=O)[C@H]1CC(=O)N(c2ccccc2Cl)C1. The molecular formula is C11H11ClN2O2. The third-order valence-electron chi connectivity index (χ3n) is 2.67. The van der Waals surface area contributed by atoms with E-state index in [2.05, 4.69) is 0 Å². The van der Waals surface area contributed by atoms with E-state index in [0.717, 1.165) is 0 Å². The van der Waals surface area contributed by atoms with E-state index >= 15 is 0 Å². The van der Waals surface area contributed by atoms with Crippen molar-refractivity contribution in [2.24, 2.45) is 11.7 Å². The van der Waals surface area contributed by atoms with E-state index in [1.807, 2.05) is 0 Å². The Labute approximate surface area is 98.0 Å². The summed E-state index contributed by atoms with van der Waals surface area (Å²) in [5.74, 6) is -0.969. The number of benzene rings is 1. The van der Waals surface area contributed by atoms with Crippen LogP contribution in [0.2, 0.25) is 5.02 Å². The van der Waals surface area contributed by atoms with Gasteiger partial charge < -0.3 is 10.6 Å². The Balaban J connectivity index is 2.27. The van der Waals surface area contributed by atoms with Crippen LogP contribution in [-0.2, 0) is 9.59 Å². The third kappa shape index (κ3) is 1.88. The second kappa shape index (κ2) is 4.14. The van der Waals surface area contributed by atoms with E-state index in [1.165, 1.54) is 4.90 Å². The van der Waals surface area contributed by atoms with Gasteiger partial charge in [0.2, 0.25) is 11.8 Å². The molecule has 4 nitrogen and oxygen atoms in total. The molecule has 1 fully saturated rings. The lowest BCUT2D eigenvalue weighted by Crippen LogP contribution is -2.28. The van der Waals surface area contributed by atoms with Crippen LogP contribution in [0.5, 0.6) is 0 Å². The van der Waals surface area contributed by atoms with Gasteiger partial charge in [0, 0.05) is 13.0 Å². The highest BCUT2D eigenvalue weighted by molar-refractivity contribution is 6.33. The Morgan fingerprint density at radius 2 is 2.12 bits per heavy atom. The molecule has 2 rings (SSSR count). The van der Waals surface area contributed by atoms with E-state index in [0.29, 0.717) is 17.3 Å². The van der Waals surface area contributed by atoms with Crippen LogP contribution >= 0.6 is 11.6 Å². The minimum atomic E-state index is -0.442. The first-order valence-electron chi connectivity index (χ1n) is 4.94. The summed E-state index contributed by atoms with van der Waals surface area (Å²) in [5.41, 5.74) is 5.82. The van der Waals surface area contributed by atoms with Crippen molar-refractivity contribution in [1.82, 2.24) is 0 Å². The van der Waals surface area contributed by atoms with E-state index in [9.17, 15) is 9.59 Å². The zero-order valence-corrected chi connectivity index (χ0v) is 9.28. The Morgan fingerprint density at radius 3 is 2.69 bits per heavy atom. The predicted octanol–water partition coefficient (Wildman–Crippen LogP) is 1.18. The first-order chi connectivity index (χ1) is 7.59. The maximum atomic E-state index is 11.7. The van der Waals surface area contributed by atoms with Crippen molar-refractivity contribution in [2.75, 3.05) is 11.4 Å². The van der Waals surface area contributed by atoms with E-state index in [-0.39, 0.29) is 12.3 Å². The van der Waals surface area contributed by atoms with Crippen molar-refractivity contribution >= 4 is 29.1 Å². The minimum absolute atomic E-state index is 0.114. The van der Waals surface area contributed by atoms with Crippen LogP contribution in [0, 0.1) is 5.92 Å². The lowest BCUT2D eigenvalue weighted by Gasteiger charge is -2.17. The number of halogens is 1. The van der Waals surface area contributed by atoms with Crippen molar-refractivity contribution in [3.63, 3.8) is 0 Å². The number of amides is 2. The summed E-state index contributed by atoms with van der Waals surface area (Å²) in [5, 5.41) is 0.501. The molecule has 0 radical (unpaired) electrons. The molecule has 0 aromatic heterocycles. The standard InChI is InChI=1S/C11H11ClN2O2/c12-8-3-1-2-4-9(8)14-6-7(11(13)16)5-10(14)15/h1-4,7H,5-6H2,(H2,13,16)/t7-/m0/s1. The molecular weight excluding hydrogens is 228 g/mol. The normalized spacial score (nSPS) is 20.2. The Kier molecular flexibility index (Phi) is 2.83. The first-order valence-corrected chi connectivity index (χ1v) is 5.31. The molecule has 5 heteroatoms. The van der Waals surface area contributed by atoms with Gasteiger partial charge in [-0.2, -0.15) is 0 Å². The number of carbonyl (C=O) groups excluding carboxylic acids is 2. The predicted molar refractivity (Wildman–Crippen MR) is 61.1 cm³/mol. The molecule has 2 amide bonds. The maximum Gasteiger partial charge on any atom is 0.227 e. The quantitative estimate of drug-likeness (QED) is 0.841. The zero-order chi connectivity index (χ0) is 11.7. The first kappa shape index (κ1) is 11.0. The van der Waals surface area contributed by atoms with Gasteiger partial charge in [0.15, 0.2) is 0 Å². The summed E-state index contributed by atoms with van der Waals surface area (Å²) >= 11 is 5.99. The van der Waals surface area contributed by atoms with E-state index < -0.39 is 11.8 Å². The summed E-state index contributed by atoms with van der Waals surface area (Å²) in [4.78, 5) is 24.2. The molecule has 2 N–H and O–H groups in total. The number of para-hydroxylation sites is 1. The average molecular weight is 239 g/mol. The summed E-state index contributed by atoms with van der Waals surface area (Å²) in [6.45, 7) is 0.317. The maximum absolute atomic E-state index is 11.7. The second-order valence-corrected chi connectivity index (χ2v) is 4.17. The van der Waals surface area contributed by atoms with Gasteiger partial charge in [0.25, 0.3) is 0 Å². The van der Waals surface area contributed by atoms with Gasteiger partial charge >= 0.3 is 0 Å². The van der Waals surface area contributed by atoms with E-state index in [1.54, 1.807) is 24.3 Å². The number of nitrogens with zero attached hydrogens (tertiary/aromatic N) is 1. The van der Waals surface area contributed by atoms with Crippen molar-refractivity contribution in [3.05, 3.63) is 29.3 Å². The lowest BCUT2D eigenvalue weighted by atomic mass is 10.1. The average Bonchev–Trinajstić information content (AvgIpc) is 2.61. The Morgan fingerprint density at radius 1 is 1.44 bits per heavy atom. The van der Waals surface area contributed by atoms with Crippen molar-refractivity contribution < 1.29 is 9.59 Å². The topological polar surface area (TPSA) is 63.4 Å². The van der Waals surface area contributed by atoms with Gasteiger partial charge in [-0.3, -0.25) is 9.59 Å². The van der Waals surface area contributed by atoms with Gasteiger partial charge in [-0.05, 0) is 12.1 Å². The zero-order valence-electron chi connectivity index (χ0n) is 8.52. The molecule has 84 valence electrons. The van der Waals surface area contributed by atoms with Crippen LogP contribution in [-0.4, -0.2) is 18.4 Å². The van der Waals surface area contributed by atoms with Crippen molar-refractivity contribution in [2.45, 2.75) is 6.42 Å². The van der Waals surface area contributed by atoms with Crippen molar-refractivity contribution in [3.8, 4) is 0 Å². The Bertz CT molecular complexity index is 447. The molecule has 1 aromatic carbocycles. The number of hydrogen-bond acceptors (Lipinski definition) is 2. The summed E-state index contributed by atoms with van der Waals surface area (Å²) < 4.78 is 0. The van der Waals surface area contributed by atoms with Crippen LogP contribution in [0.1, 0.15) is 6.42 Å². The van der Waals surface area contributed by atoms with Gasteiger partial charge in [0.1, 0.15) is 0 Å². The number of hydrogen-bond donors (Lipinski definition) is 1. The van der Waals surface area contributed by atoms with E-state index in [4.69, 9.17) is 17.3 Å². The van der Waals surface area contributed by atoms with Gasteiger partial charge in [-0.1, -0.05) is 23.7 Å². The van der Waals surface area contributed by atoms with Crippen LogP contribution in [0.25, 0.3) is 0 Å². The number of primary amides is 1. The molecule has 1 heterocycles. The monoisotopic (exact) mass is 238 g/mol. The number of rotatable bonds is 2. The fraction of sp³-hybridized carbons (Fsp3) is 0.273. The van der Waals surface area contributed by atoms with Gasteiger partial charge in [0.05, 0.1) is 16.6 Å². The molecule has 0 aliphatic carbocycles. The molecule has 0 saturated carbocycles. The number of nitrogens with two attached hydrogens (primary N) is 1. The van der Waals surface area contributed by atoms with Crippen LogP contribution in [0.4, 0.5) is 5.69 Å². The molecule has 1 saturated heterocycles.